The summed E-state index contributed by atoms with van der Waals surface area (Å²) in [5.41, 5.74) is 0.746. The first kappa shape index (κ1) is 14.3. The number of hydrogen-bond donors (Lipinski definition) is 2. The molecule has 0 spiro atoms. The molecule has 1 aliphatic rings. The Morgan fingerprint density at radius 3 is 3.14 bits per heavy atom. The van der Waals surface area contributed by atoms with Crippen molar-refractivity contribution in [3.63, 3.8) is 0 Å². The molecule has 21 heavy (non-hydrogen) atoms. The van der Waals surface area contributed by atoms with Gasteiger partial charge in [-0.2, -0.15) is 0 Å². The second-order valence-corrected chi connectivity index (χ2v) is 6.22. The smallest absolute Gasteiger partial charge is 0.226 e. The molecule has 2 unspecified atom stereocenters. The van der Waals surface area contributed by atoms with E-state index in [9.17, 15) is 9.90 Å². The highest BCUT2D eigenvalue weighted by atomic mass is 32.1. The maximum absolute atomic E-state index is 11.9. The zero-order chi connectivity index (χ0) is 14.7. The molecule has 0 saturated heterocycles. The molecule has 0 aromatic carbocycles. The Labute approximate surface area is 127 Å². The molecule has 0 bridgehead atoms. The maximum Gasteiger partial charge on any atom is 0.226 e. The number of amides is 1. The first-order valence-electron chi connectivity index (χ1n) is 7.15. The molecule has 2 heterocycles. The maximum atomic E-state index is 11.9. The lowest BCUT2D eigenvalue weighted by molar-refractivity contribution is -0.120. The van der Waals surface area contributed by atoms with Gasteiger partial charge in [-0.1, -0.05) is 6.42 Å². The predicted octanol–water partition coefficient (Wildman–Crippen LogP) is 2.22. The summed E-state index contributed by atoms with van der Waals surface area (Å²) in [4.78, 5) is 16.3. The monoisotopic (exact) mass is 306 g/mol. The molecule has 3 rings (SSSR count). The van der Waals surface area contributed by atoms with Gasteiger partial charge in [0.15, 0.2) is 10.8 Å². The van der Waals surface area contributed by atoms with Crippen LogP contribution < -0.4 is 5.32 Å². The minimum atomic E-state index is -0.268. The summed E-state index contributed by atoms with van der Waals surface area (Å²) < 4.78 is 5.28. The number of furan rings is 1. The van der Waals surface area contributed by atoms with E-state index in [0.29, 0.717) is 6.54 Å². The Morgan fingerprint density at radius 2 is 2.43 bits per heavy atom. The number of rotatable bonds is 5. The average molecular weight is 306 g/mol. The number of aromatic nitrogens is 1. The van der Waals surface area contributed by atoms with Gasteiger partial charge in [-0.3, -0.25) is 4.79 Å². The minimum absolute atomic E-state index is 0.0506. The van der Waals surface area contributed by atoms with Crippen molar-refractivity contribution >= 4 is 17.2 Å². The number of carbonyl (C=O) groups excluding carboxylic acids is 1. The third-order valence-electron chi connectivity index (χ3n) is 3.81. The van der Waals surface area contributed by atoms with Crippen molar-refractivity contribution in [3.05, 3.63) is 29.5 Å². The first-order chi connectivity index (χ1) is 10.2. The van der Waals surface area contributed by atoms with Crippen molar-refractivity contribution in [1.82, 2.24) is 10.3 Å². The summed E-state index contributed by atoms with van der Waals surface area (Å²) in [6.07, 6.45) is 4.48. The summed E-state index contributed by atoms with van der Waals surface area (Å²) >= 11 is 1.47. The van der Waals surface area contributed by atoms with Gasteiger partial charge in [0.05, 0.1) is 24.5 Å². The third-order valence-corrected chi connectivity index (χ3v) is 4.71. The van der Waals surface area contributed by atoms with E-state index in [-0.39, 0.29) is 24.3 Å². The number of carbonyl (C=O) groups is 1. The molecule has 0 radical (unpaired) electrons. The zero-order valence-electron chi connectivity index (χ0n) is 11.6. The van der Waals surface area contributed by atoms with Crippen LogP contribution in [0.1, 0.15) is 25.0 Å². The van der Waals surface area contributed by atoms with E-state index in [4.69, 9.17) is 4.42 Å². The Balaban J connectivity index is 1.51. The van der Waals surface area contributed by atoms with Gasteiger partial charge in [-0.05, 0) is 25.0 Å². The highest BCUT2D eigenvalue weighted by molar-refractivity contribution is 7.13. The molecular formula is C15H18N2O3S. The fourth-order valence-electron chi connectivity index (χ4n) is 2.63. The summed E-state index contributed by atoms with van der Waals surface area (Å²) in [6, 6.07) is 3.67. The average Bonchev–Trinajstić information content (AvgIpc) is 3.17. The van der Waals surface area contributed by atoms with E-state index < -0.39 is 0 Å². The molecule has 1 aliphatic carbocycles. The molecule has 112 valence electrons. The lowest BCUT2D eigenvalue weighted by Crippen LogP contribution is -2.33. The SMILES string of the molecule is O=C(Cc1csc(-c2ccco2)n1)NCC1CCCC1O. The standard InChI is InChI=1S/C15H18N2O3S/c18-12-4-1-3-10(12)8-16-14(19)7-11-9-21-15(17-11)13-5-2-6-20-13/h2,5-6,9-10,12,18H,1,3-4,7-8H2,(H,16,19). The second-order valence-electron chi connectivity index (χ2n) is 5.36. The van der Waals surface area contributed by atoms with Crippen LogP contribution in [0.5, 0.6) is 0 Å². The zero-order valence-corrected chi connectivity index (χ0v) is 12.4. The van der Waals surface area contributed by atoms with Crippen molar-refractivity contribution in [2.24, 2.45) is 5.92 Å². The van der Waals surface area contributed by atoms with Gasteiger partial charge in [0.1, 0.15) is 0 Å². The molecule has 2 aromatic rings. The molecular weight excluding hydrogens is 288 g/mol. The van der Waals surface area contributed by atoms with E-state index in [2.05, 4.69) is 10.3 Å². The summed E-state index contributed by atoms with van der Waals surface area (Å²) in [6.45, 7) is 0.551. The predicted molar refractivity (Wildman–Crippen MR) is 79.9 cm³/mol. The molecule has 1 saturated carbocycles. The Bertz CT molecular complexity index is 594. The van der Waals surface area contributed by atoms with Crippen LogP contribution in [0.2, 0.25) is 0 Å². The molecule has 1 amide bonds. The van der Waals surface area contributed by atoms with Crippen LogP contribution >= 0.6 is 11.3 Å². The Kier molecular flexibility index (Phi) is 4.36. The summed E-state index contributed by atoms with van der Waals surface area (Å²) in [7, 11) is 0. The van der Waals surface area contributed by atoms with Crippen molar-refractivity contribution < 1.29 is 14.3 Å². The number of hydrogen-bond acceptors (Lipinski definition) is 5. The van der Waals surface area contributed by atoms with E-state index in [1.54, 1.807) is 6.26 Å². The Morgan fingerprint density at radius 1 is 1.52 bits per heavy atom. The van der Waals surface area contributed by atoms with Crippen molar-refractivity contribution in [1.29, 1.82) is 0 Å². The fraction of sp³-hybridized carbons (Fsp3) is 0.467. The molecule has 2 aromatic heterocycles. The van der Waals surface area contributed by atoms with Gasteiger partial charge in [-0.15, -0.1) is 11.3 Å². The van der Waals surface area contributed by atoms with E-state index >= 15 is 0 Å². The molecule has 6 heteroatoms. The molecule has 2 atom stereocenters. The van der Waals surface area contributed by atoms with Crippen LogP contribution in [-0.4, -0.2) is 28.6 Å². The number of thiazole rings is 1. The first-order valence-corrected chi connectivity index (χ1v) is 8.03. The van der Waals surface area contributed by atoms with Gasteiger partial charge in [0.25, 0.3) is 0 Å². The van der Waals surface area contributed by atoms with Crippen LogP contribution in [0, 0.1) is 5.92 Å². The van der Waals surface area contributed by atoms with Crippen LogP contribution in [0.4, 0.5) is 0 Å². The van der Waals surface area contributed by atoms with Gasteiger partial charge in [-0.25, -0.2) is 4.98 Å². The topological polar surface area (TPSA) is 75.4 Å². The quantitative estimate of drug-likeness (QED) is 0.888. The summed E-state index contributed by atoms with van der Waals surface area (Å²) in [5.74, 6) is 0.870. The van der Waals surface area contributed by atoms with Crippen molar-refractivity contribution in [3.8, 4) is 10.8 Å². The molecule has 0 aliphatic heterocycles. The summed E-state index contributed by atoms with van der Waals surface area (Å²) in [5, 5.41) is 15.3. The van der Waals surface area contributed by atoms with E-state index in [1.807, 2.05) is 17.5 Å². The van der Waals surface area contributed by atoms with Crippen molar-refractivity contribution in [2.45, 2.75) is 31.8 Å². The highest BCUT2D eigenvalue weighted by Crippen LogP contribution is 2.25. The van der Waals surface area contributed by atoms with E-state index in [1.165, 1.54) is 11.3 Å². The van der Waals surface area contributed by atoms with E-state index in [0.717, 1.165) is 35.7 Å². The number of aliphatic hydroxyl groups excluding tert-OH is 1. The van der Waals surface area contributed by atoms with Gasteiger partial charge in [0, 0.05) is 17.8 Å². The van der Waals surface area contributed by atoms with Crippen LogP contribution in [0.25, 0.3) is 10.8 Å². The largest absolute Gasteiger partial charge is 0.462 e. The van der Waals surface area contributed by atoms with Gasteiger partial charge < -0.3 is 14.8 Å². The lowest BCUT2D eigenvalue weighted by Gasteiger charge is -2.14. The van der Waals surface area contributed by atoms with Gasteiger partial charge in [0.2, 0.25) is 5.91 Å². The fourth-order valence-corrected chi connectivity index (χ4v) is 3.41. The second kappa shape index (κ2) is 6.41. The van der Waals surface area contributed by atoms with Crippen LogP contribution in [-0.2, 0) is 11.2 Å². The normalized spacial score (nSPS) is 21.6. The number of nitrogens with one attached hydrogen (secondary N) is 1. The lowest BCUT2D eigenvalue weighted by atomic mass is 10.1. The highest BCUT2D eigenvalue weighted by Gasteiger charge is 2.25. The van der Waals surface area contributed by atoms with Crippen molar-refractivity contribution in [2.75, 3.05) is 6.54 Å². The van der Waals surface area contributed by atoms with Crippen LogP contribution in [0.15, 0.2) is 28.2 Å². The number of aliphatic hydroxyl groups is 1. The van der Waals surface area contributed by atoms with Gasteiger partial charge >= 0.3 is 0 Å². The molecule has 2 N–H and O–H groups in total. The molecule has 1 fully saturated rings. The number of nitrogens with zero attached hydrogens (tertiary/aromatic N) is 1. The van der Waals surface area contributed by atoms with Crippen LogP contribution in [0.3, 0.4) is 0 Å². The molecule has 5 nitrogen and oxygen atoms in total. The third kappa shape index (κ3) is 3.51. The Hall–Kier alpha value is -1.66. The minimum Gasteiger partial charge on any atom is -0.462 e.